The molecule has 1 aliphatic rings. The van der Waals surface area contributed by atoms with Crippen molar-refractivity contribution in [3.8, 4) is 11.1 Å². The third kappa shape index (κ3) is 1.14. The molecule has 0 bridgehead atoms. The van der Waals surface area contributed by atoms with Crippen LogP contribution in [0.1, 0.15) is 11.1 Å². The molecule has 3 heteroatoms. The zero-order chi connectivity index (χ0) is 11.3. The van der Waals surface area contributed by atoms with Gasteiger partial charge in [-0.2, -0.15) is 0 Å². The predicted octanol–water partition coefficient (Wildman–Crippen LogP) is 3.12. The maximum Gasteiger partial charge on any atom is 0.131 e. The van der Waals surface area contributed by atoms with Gasteiger partial charge in [-0.15, -0.1) is 0 Å². The van der Waals surface area contributed by atoms with Crippen LogP contribution in [0.25, 0.3) is 11.1 Å². The standard InChI is InChI=1S/C13H9F2N/c14-11-3-4-12(15)13-9-2-1-8(16)5-7(9)6-10(11)13/h1-5H,6,16H2. The second kappa shape index (κ2) is 3.04. The van der Waals surface area contributed by atoms with E-state index in [1.165, 1.54) is 12.1 Å². The third-order valence-electron chi connectivity index (χ3n) is 2.97. The van der Waals surface area contributed by atoms with Gasteiger partial charge in [0.15, 0.2) is 0 Å². The molecule has 0 spiro atoms. The van der Waals surface area contributed by atoms with Crippen LogP contribution in [0.5, 0.6) is 0 Å². The summed E-state index contributed by atoms with van der Waals surface area (Å²) < 4.78 is 27.2. The van der Waals surface area contributed by atoms with Gasteiger partial charge in [0, 0.05) is 23.2 Å². The smallest absolute Gasteiger partial charge is 0.131 e. The average Bonchev–Trinajstić information content (AvgIpc) is 2.63. The molecule has 2 aromatic carbocycles. The minimum atomic E-state index is -0.375. The Morgan fingerprint density at radius 2 is 1.75 bits per heavy atom. The van der Waals surface area contributed by atoms with E-state index in [1.807, 2.05) is 0 Å². The lowest BCUT2D eigenvalue weighted by molar-refractivity contribution is 0.594. The molecule has 0 aliphatic heterocycles. The van der Waals surface area contributed by atoms with E-state index in [0.717, 1.165) is 11.1 Å². The van der Waals surface area contributed by atoms with Crippen LogP contribution in [-0.4, -0.2) is 0 Å². The Labute approximate surface area is 91.5 Å². The SMILES string of the molecule is Nc1ccc2c(c1)Cc1c(F)ccc(F)c1-2. The van der Waals surface area contributed by atoms with E-state index in [1.54, 1.807) is 18.2 Å². The fraction of sp³-hybridized carbons (Fsp3) is 0.0769. The minimum Gasteiger partial charge on any atom is -0.399 e. The van der Waals surface area contributed by atoms with Crippen LogP contribution in [-0.2, 0) is 6.42 Å². The topological polar surface area (TPSA) is 26.0 Å². The van der Waals surface area contributed by atoms with E-state index in [2.05, 4.69) is 0 Å². The number of hydrogen-bond acceptors (Lipinski definition) is 1. The summed E-state index contributed by atoms with van der Waals surface area (Å²) >= 11 is 0. The molecule has 2 N–H and O–H groups in total. The molecular formula is C13H9F2N. The van der Waals surface area contributed by atoms with Crippen molar-refractivity contribution in [1.82, 2.24) is 0 Å². The van der Waals surface area contributed by atoms with Crippen molar-refractivity contribution in [2.24, 2.45) is 0 Å². The van der Waals surface area contributed by atoms with E-state index < -0.39 is 0 Å². The Morgan fingerprint density at radius 3 is 2.56 bits per heavy atom. The van der Waals surface area contributed by atoms with Gasteiger partial charge >= 0.3 is 0 Å². The fourth-order valence-corrected chi connectivity index (χ4v) is 2.25. The molecule has 0 heterocycles. The molecule has 0 fully saturated rings. The number of halogens is 2. The van der Waals surface area contributed by atoms with E-state index in [4.69, 9.17) is 5.73 Å². The van der Waals surface area contributed by atoms with Gasteiger partial charge in [0.25, 0.3) is 0 Å². The number of fused-ring (bicyclic) bond motifs is 3. The molecule has 3 rings (SSSR count). The van der Waals surface area contributed by atoms with Gasteiger partial charge in [-0.25, -0.2) is 8.78 Å². The molecule has 0 saturated carbocycles. The Bertz CT molecular complexity index is 591. The lowest BCUT2D eigenvalue weighted by Crippen LogP contribution is -1.90. The van der Waals surface area contributed by atoms with Gasteiger partial charge in [0.05, 0.1) is 0 Å². The number of nitrogen functional groups attached to an aromatic ring is 1. The summed E-state index contributed by atoms with van der Waals surface area (Å²) in [4.78, 5) is 0. The molecule has 1 aliphatic carbocycles. The predicted molar refractivity (Wildman–Crippen MR) is 59.0 cm³/mol. The molecule has 0 atom stereocenters. The maximum absolute atomic E-state index is 13.7. The van der Waals surface area contributed by atoms with Crippen LogP contribution < -0.4 is 5.73 Å². The molecule has 0 unspecified atom stereocenters. The quantitative estimate of drug-likeness (QED) is 0.575. The lowest BCUT2D eigenvalue weighted by atomic mass is 10.0. The fourth-order valence-electron chi connectivity index (χ4n) is 2.25. The van der Waals surface area contributed by atoms with Gasteiger partial charge in [-0.3, -0.25) is 0 Å². The summed E-state index contributed by atoms with van der Waals surface area (Å²) in [5.41, 5.74) is 8.73. The van der Waals surface area contributed by atoms with Crippen molar-refractivity contribution in [3.63, 3.8) is 0 Å². The number of rotatable bonds is 0. The zero-order valence-electron chi connectivity index (χ0n) is 8.43. The van der Waals surface area contributed by atoms with Crippen LogP contribution in [0.3, 0.4) is 0 Å². The van der Waals surface area contributed by atoms with Crippen molar-refractivity contribution >= 4 is 5.69 Å². The van der Waals surface area contributed by atoms with E-state index in [0.29, 0.717) is 23.2 Å². The highest BCUT2D eigenvalue weighted by Crippen LogP contribution is 2.40. The molecule has 80 valence electrons. The van der Waals surface area contributed by atoms with E-state index in [-0.39, 0.29) is 11.6 Å². The van der Waals surface area contributed by atoms with Crippen LogP contribution in [0, 0.1) is 11.6 Å². The number of hydrogen-bond donors (Lipinski definition) is 1. The van der Waals surface area contributed by atoms with Crippen LogP contribution in [0.15, 0.2) is 30.3 Å². The molecular weight excluding hydrogens is 208 g/mol. The number of nitrogens with two attached hydrogens (primary N) is 1. The first-order valence-corrected chi connectivity index (χ1v) is 5.02. The van der Waals surface area contributed by atoms with Gasteiger partial charge in [0.2, 0.25) is 0 Å². The average molecular weight is 217 g/mol. The van der Waals surface area contributed by atoms with Crippen LogP contribution in [0.4, 0.5) is 14.5 Å². The molecule has 0 saturated heterocycles. The van der Waals surface area contributed by atoms with Crippen LogP contribution >= 0.6 is 0 Å². The van der Waals surface area contributed by atoms with Gasteiger partial charge in [-0.1, -0.05) is 6.07 Å². The van der Waals surface area contributed by atoms with Crippen molar-refractivity contribution < 1.29 is 8.78 Å². The normalized spacial score (nSPS) is 12.4. The second-order valence-corrected chi connectivity index (χ2v) is 3.98. The van der Waals surface area contributed by atoms with Crippen molar-refractivity contribution in [3.05, 3.63) is 53.1 Å². The molecule has 1 nitrogen and oxygen atoms in total. The van der Waals surface area contributed by atoms with E-state index in [9.17, 15) is 8.78 Å². The Hall–Kier alpha value is -1.90. The molecule has 0 amide bonds. The molecule has 0 radical (unpaired) electrons. The first-order chi connectivity index (χ1) is 7.66. The monoisotopic (exact) mass is 217 g/mol. The second-order valence-electron chi connectivity index (χ2n) is 3.98. The van der Waals surface area contributed by atoms with Gasteiger partial charge < -0.3 is 5.73 Å². The Morgan fingerprint density at radius 1 is 1.00 bits per heavy atom. The first kappa shape index (κ1) is 9.33. The summed E-state index contributed by atoms with van der Waals surface area (Å²) in [6, 6.07) is 7.56. The highest BCUT2D eigenvalue weighted by Gasteiger charge is 2.24. The van der Waals surface area contributed by atoms with Crippen molar-refractivity contribution in [1.29, 1.82) is 0 Å². The third-order valence-corrected chi connectivity index (χ3v) is 2.97. The van der Waals surface area contributed by atoms with Crippen molar-refractivity contribution in [2.75, 3.05) is 5.73 Å². The lowest BCUT2D eigenvalue weighted by Gasteiger charge is -2.03. The van der Waals surface area contributed by atoms with Gasteiger partial charge in [-0.05, 0) is 35.4 Å². The highest BCUT2D eigenvalue weighted by atomic mass is 19.1. The maximum atomic E-state index is 13.7. The molecule has 2 aromatic rings. The zero-order valence-corrected chi connectivity index (χ0v) is 8.43. The molecule has 0 aromatic heterocycles. The van der Waals surface area contributed by atoms with Crippen LogP contribution in [0.2, 0.25) is 0 Å². The highest BCUT2D eigenvalue weighted by molar-refractivity contribution is 5.78. The summed E-state index contributed by atoms with van der Waals surface area (Å²) in [6.45, 7) is 0. The largest absolute Gasteiger partial charge is 0.399 e. The van der Waals surface area contributed by atoms with Crippen molar-refractivity contribution in [2.45, 2.75) is 6.42 Å². The van der Waals surface area contributed by atoms with Gasteiger partial charge in [0.1, 0.15) is 11.6 Å². The Kier molecular flexibility index (Phi) is 1.78. The number of benzene rings is 2. The summed E-state index contributed by atoms with van der Waals surface area (Å²) in [7, 11) is 0. The number of anilines is 1. The first-order valence-electron chi connectivity index (χ1n) is 5.02. The summed E-state index contributed by atoms with van der Waals surface area (Å²) in [5, 5.41) is 0. The summed E-state index contributed by atoms with van der Waals surface area (Å²) in [6.07, 6.45) is 0.416. The molecule has 16 heavy (non-hydrogen) atoms. The minimum absolute atomic E-state index is 0.355. The summed E-state index contributed by atoms with van der Waals surface area (Å²) in [5.74, 6) is -0.730. The Balaban J connectivity index is 2.33. The van der Waals surface area contributed by atoms with E-state index >= 15 is 0 Å².